The van der Waals surface area contributed by atoms with Gasteiger partial charge < -0.3 is 18.0 Å². The third-order valence-corrected chi connectivity index (χ3v) is 25.9. The highest BCUT2D eigenvalue weighted by Gasteiger charge is 2.29. The van der Waals surface area contributed by atoms with E-state index in [1.54, 1.807) is 0 Å². The molecule has 11 nitrogen and oxygen atoms in total. The topological polar surface area (TPSA) is 126 Å². The van der Waals surface area contributed by atoms with Crippen molar-refractivity contribution >= 4 is 87.4 Å². The van der Waals surface area contributed by atoms with Crippen LogP contribution in [-0.4, -0.2) is 44.0 Å². The number of para-hydroxylation sites is 4. The molecule has 0 unspecified atom stereocenters. The molecular formula is C125H79N9O2. The van der Waals surface area contributed by atoms with Gasteiger partial charge in [-0.15, -0.1) is 0 Å². The smallest absolute Gasteiger partial charge is 0.164 e. The first-order valence-corrected chi connectivity index (χ1v) is 45.7. The lowest BCUT2D eigenvalue weighted by Crippen LogP contribution is -2.01. The second kappa shape index (κ2) is 34.1. The predicted molar refractivity (Wildman–Crippen MR) is 557 cm³/mol. The van der Waals surface area contributed by atoms with Crippen LogP contribution in [0.1, 0.15) is 0 Å². The number of benzene rings is 18. The number of rotatable bonds is 16. The summed E-state index contributed by atoms with van der Waals surface area (Å²) in [7, 11) is 0. The van der Waals surface area contributed by atoms with Crippen LogP contribution in [0.5, 0.6) is 0 Å². The Morgan fingerprint density at radius 1 is 0.169 bits per heavy atom. The number of nitrogens with zero attached hydrogens (tertiary/aromatic N) is 9. The average Bonchev–Trinajstić information content (AvgIpc) is 1.56. The van der Waals surface area contributed by atoms with Crippen LogP contribution in [0.25, 0.3) is 256 Å². The van der Waals surface area contributed by atoms with Gasteiger partial charge in [0.1, 0.15) is 22.9 Å². The lowest BCUT2D eigenvalue weighted by molar-refractivity contribution is 0.632. The summed E-state index contributed by atoms with van der Waals surface area (Å²) >= 11 is 0. The number of hydrogen-bond donors (Lipinski definition) is 0. The summed E-state index contributed by atoms with van der Waals surface area (Å²) in [5, 5.41) is 9.01. The highest BCUT2D eigenvalue weighted by molar-refractivity contribution is 6.21. The van der Waals surface area contributed by atoms with Crippen molar-refractivity contribution < 1.29 is 8.83 Å². The van der Waals surface area contributed by atoms with Crippen LogP contribution >= 0.6 is 0 Å². The summed E-state index contributed by atoms with van der Waals surface area (Å²) in [5.41, 5.74) is 31.7. The molecule has 0 aliphatic heterocycles. The Morgan fingerprint density at radius 2 is 0.449 bits per heavy atom. The van der Waals surface area contributed by atoms with E-state index >= 15 is 0 Å². The van der Waals surface area contributed by atoms with Gasteiger partial charge in [-0.25, -0.2) is 34.9 Å². The minimum absolute atomic E-state index is 0.597. The van der Waals surface area contributed by atoms with Gasteiger partial charge in [0.15, 0.2) is 34.5 Å². The summed E-state index contributed by atoms with van der Waals surface area (Å²) < 4.78 is 18.7. The van der Waals surface area contributed by atoms with E-state index in [0.29, 0.717) is 23.3 Å². The fourth-order valence-electron chi connectivity index (χ4n) is 19.5. The molecule has 0 amide bonds. The first-order chi connectivity index (χ1) is 67.4. The highest BCUT2D eigenvalue weighted by Crippen LogP contribution is 2.51. The second-order valence-corrected chi connectivity index (χ2v) is 34.1. The summed E-state index contributed by atoms with van der Waals surface area (Å²) in [4.78, 5) is 36.4. The Labute approximate surface area is 783 Å². The SMILES string of the molecule is c1ccc(-c2nc(-c3ccc(-c4ccc5nc(-c6ccccc6)c6oc(-c7ccccc7)c(-c7ccccc7)c6c5c4)cc3)cc(-c3cccc(-n4c5ccccc5c5ccccc54)c3)n2)cc1.c1ccc(-c2nc(-c3ccc(-c4ccc5nc(-c6ccccc6)c6oc(-c7ccccc7)c(-c7ccccc7)c6c5c4)cc3)nc(-c3cccc(-n4c5ccccc5c5ccccc54)c3)n2)cc1. The van der Waals surface area contributed by atoms with Gasteiger partial charge in [-0.2, -0.15) is 0 Å². The van der Waals surface area contributed by atoms with E-state index in [9.17, 15) is 0 Å². The molecule has 26 rings (SSSR count). The maximum absolute atomic E-state index is 7.01. The fourth-order valence-corrected chi connectivity index (χ4v) is 19.5. The third kappa shape index (κ3) is 14.5. The van der Waals surface area contributed by atoms with Crippen molar-refractivity contribution in [1.82, 2.24) is 44.0 Å². The van der Waals surface area contributed by atoms with Gasteiger partial charge in [0.25, 0.3) is 0 Å². The van der Waals surface area contributed by atoms with Crippen molar-refractivity contribution in [3.05, 3.63) is 479 Å². The zero-order valence-electron chi connectivity index (χ0n) is 73.5. The molecule has 0 aliphatic carbocycles. The first-order valence-electron chi connectivity index (χ1n) is 45.7. The highest BCUT2D eigenvalue weighted by atomic mass is 16.3. The normalized spacial score (nSPS) is 11.5. The molecule has 0 atom stereocenters. The largest absolute Gasteiger partial charge is 0.453 e. The van der Waals surface area contributed by atoms with E-state index in [2.05, 4.69) is 403 Å². The molecule has 0 N–H and O–H groups in total. The lowest BCUT2D eigenvalue weighted by Gasteiger charge is -2.13. The summed E-state index contributed by atoms with van der Waals surface area (Å²) in [6.07, 6.45) is 0. The first kappa shape index (κ1) is 79.7. The fraction of sp³-hybridized carbons (Fsp3) is 0. The number of furan rings is 2. The maximum atomic E-state index is 7.01. The zero-order chi connectivity index (χ0) is 89.9. The van der Waals surface area contributed by atoms with Crippen LogP contribution in [0, 0.1) is 0 Å². The number of fused-ring (bicyclic) bond motifs is 12. The summed E-state index contributed by atoms with van der Waals surface area (Å²) in [5.74, 6) is 4.13. The van der Waals surface area contributed by atoms with Gasteiger partial charge >= 0.3 is 0 Å². The Balaban J connectivity index is 0.000000145. The molecular weight excluding hydrogens is 1660 g/mol. The van der Waals surface area contributed by atoms with Gasteiger partial charge in [0.2, 0.25) is 0 Å². The van der Waals surface area contributed by atoms with Crippen LogP contribution in [0.4, 0.5) is 0 Å². The molecule has 0 spiro atoms. The average molecular weight is 1740 g/mol. The molecule has 636 valence electrons. The van der Waals surface area contributed by atoms with Gasteiger partial charge in [-0.1, -0.05) is 400 Å². The Hall–Kier alpha value is -18.5. The molecule has 26 aromatic rings. The zero-order valence-corrected chi connectivity index (χ0v) is 73.5. The summed E-state index contributed by atoms with van der Waals surface area (Å²) in [6, 6.07) is 167. The summed E-state index contributed by atoms with van der Waals surface area (Å²) in [6.45, 7) is 0. The minimum atomic E-state index is 0.597. The van der Waals surface area contributed by atoms with E-state index in [0.717, 1.165) is 201 Å². The lowest BCUT2D eigenvalue weighted by atomic mass is 9.94. The standard InChI is InChI=1S/C63H40N4O.C62H39N5O/c1-5-18-43(19-6-1)58-59-52-39-47(36-37-53(52)64-60(44-20-7-2-8-21-44)62(59)68-61(58)45-22-9-3-10-23-45)41-32-34-42(35-33-41)54-40-55(66-63(65-54)46-24-11-4-12-25-46)48-26-17-27-49(38-48)67-56-30-15-13-28-50(56)51-29-14-16-31-57(51)67;1-5-18-41(19-6-1)55-56-51-39-46(36-37-52(51)63-57(42-20-7-2-8-21-42)59(56)68-58(55)43-22-9-3-10-23-43)40-32-34-45(35-33-40)61-64-60(44-24-11-4-12-25-44)65-62(66-61)47-26-17-27-48(38-47)67-53-30-15-13-28-49(53)50-29-14-16-31-54(50)67/h1-40H;1-39H. The van der Waals surface area contributed by atoms with Crippen molar-refractivity contribution in [3.63, 3.8) is 0 Å². The van der Waals surface area contributed by atoms with E-state index in [-0.39, 0.29) is 0 Å². The maximum Gasteiger partial charge on any atom is 0.164 e. The Kier molecular flexibility index (Phi) is 20.0. The van der Waals surface area contributed by atoms with Gasteiger partial charge in [0, 0.05) is 121 Å². The quantitative estimate of drug-likeness (QED) is 0.0929. The van der Waals surface area contributed by atoms with E-state index < -0.39 is 0 Å². The van der Waals surface area contributed by atoms with E-state index in [1.165, 1.54) is 32.6 Å². The van der Waals surface area contributed by atoms with Crippen molar-refractivity contribution in [3.8, 4) is 169 Å². The molecule has 0 bridgehead atoms. The van der Waals surface area contributed by atoms with E-state index in [4.69, 9.17) is 43.7 Å². The van der Waals surface area contributed by atoms with Gasteiger partial charge in [-0.05, 0) is 112 Å². The van der Waals surface area contributed by atoms with Crippen LogP contribution in [0.3, 0.4) is 0 Å². The molecule has 0 radical (unpaired) electrons. The minimum Gasteiger partial charge on any atom is -0.453 e. The molecule has 18 aromatic carbocycles. The molecule has 8 aromatic heterocycles. The van der Waals surface area contributed by atoms with Crippen molar-refractivity contribution in [2.24, 2.45) is 0 Å². The predicted octanol–water partition coefficient (Wildman–Crippen LogP) is 32.5. The molecule has 136 heavy (non-hydrogen) atoms. The van der Waals surface area contributed by atoms with Crippen LogP contribution in [0.2, 0.25) is 0 Å². The van der Waals surface area contributed by atoms with Crippen LogP contribution in [-0.2, 0) is 0 Å². The third-order valence-electron chi connectivity index (χ3n) is 25.9. The number of pyridine rings is 2. The van der Waals surface area contributed by atoms with Crippen molar-refractivity contribution in [1.29, 1.82) is 0 Å². The molecule has 0 saturated carbocycles. The Bertz CT molecular complexity index is 8410. The van der Waals surface area contributed by atoms with E-state index in [1.807, 2.05) is 84.9 Å². The molecule has 0 fully saturated rings. The second-order valence-electron chi connectivity index (χ2n) is 34.1. The van der Waals surface area contributed by atoms with Gasteiger partial charge in [-0.3, -0.25) is 0 Å². The molecule has 0 saturated heterocycles. The molecule has 0 aliphatic rings. The van der Waals surface area contributed by atoms with Crippen molar-refractivity contribution in [2.75, 3.05) is 0 Å². The molecule has 11 heteroatoms. The van der Waals surface area contributed by atoms with Crippen molar-refractivity contribution in [2.45, 2.75) is 0 Å². The number of aromatic nitrogens is 9. The van der Waals surface area contributed by atoms with Crippen LogP contribution in [0.15, 0.2) is 488 Å². The molecule has 8 heterocycles. The van der Waals surface area contributed by atoms with Crippen LogP contribution < -0.4 is 0 Å². The van der Waals surface area contributed by atoms with Gasteiger partial charge in [0.05, 0.1) is 44.5 Å². The number of hydrogen-bond acceptors (Lipinski definition) is 9. The monoisotopic (exact) mass is 1740 g/mol. The Morgan fingerprint density at radius 3 is 0.838 bits per heavy atom.